The first-order valence-corrected chi connectivity index (χ1v) is 3.79. The van der Waals surface area contributed by atoms with Crippen molar-refractivity contribution in [1.82, 2.24) is 0 Å². The molecule has 0 aromatic carbocycles. The molecule has 1 saturated carbocycles. The summed E-state index contributed by atoms with van der Waals surface area (Å²) in [6.07, 6.45) is 2.00. The monoisotopic (exact) mass is 157 g/mol. The lowest BCUT2D eigenvalue weighted by Crippen LogP contribution is -2.38. The van der Waals surface area contributed by atoms with E-state index in [1.54, 1.807) is 6.92 Å². The normalized spacial score (nSPS) is 31.9. The molecule has 0 N–H and O–H groups in total. The van der Waals surface area contributed by atoms with Gasteiger partial charge in [0.2, 0.25) is 5.78 Å². The van der Waals surface area contributed by atoms with E-state index in [0.717, 1.165) is 12.8 Å². The van der Waals surface area contributed by atoms with E-state index >= 15 is 0 Å². The zero-order chi connectivity index (χ0) is 8.43. The lowest BCUT2D eigenvalue weighted by molar-refractivity contribution is -0.517. The van der Waals surface area contributed by atoms with Crippen LogP contribution in [-0.4, -0.2) is 16.7 Å². The van der Waals surface area contributed by atoms with Crippen molar-refractivity contribution < 1.29 is 9.72 Å². The molecule has 0 amide bonds. The Labute approximate surface area is 64.7 Å². The molecule has 4 heteroatoms. The molecule has 0 aromatic heterocycles. The average molecular weight is 157 g/mol. The van der Waals surface area contributed by atoms with Crippen molar-refractivity contribution >= 4 is 5.78 Å². The van der Waals surface area contributed by atoms with Crippen LogP contribution in [0.5, 0.6) is 0 Å². The minimum atomic E-state index is -0.927. The number of carbonyl (C=O) groups excluding carboxylic acids is 1. The van der Waals surface area contributed by atoms with E-state index in [-0.39, 0.29) is 11.7 Å². The maximum atomic E-state index is 11.0. The van der Waals surface area contributed by atoms with E-state index in [0.29, 0.717) is 6.42 Å². The maximum absolute atomic E-state index is 11.0. The molecular weight excluding hydrogens is 146 g/mol. The predicted octanol–water partition coefficient (Wildman–Crippen LogP) is 1.02. The van der Waals surface area contributed by atoms with Crippen molar-refractivity contribution in [1.29, 1.82) is 0 Å². The highest BCUT2D eigenvalue weighted by atomic mass is 16.6. The number of carbonyl (C=O) groups is 1. The second kappa shape index (κ2) is 2.98. The molecule has 0 spiro atoms. The molecule has 0 aromatic rings. The van der Waals surface area contributed by atoms with Crippen molar-refractivity contribution in [2.45, 2.75) is 32.2 Å². The van der Waals surface area contributed by atoms with Gasteiger partial charge in [0.15, 0.2) is 0 Å². The summed E-state index contributed by atoms with van der Waals surface area (Å²) < 4.78 is 0. The number of hydrogen-bond acceptors (Lipinski definition) is 3. The minimum Gasteiger partial charge on any atom is -0.292 e. The lowest BCUT2D eigenvalue weighted by Gasteiger charge is -2.19. The molecule has 0 bridgehead atoms. The Kier molecular flexibility index (Phi) is 2.22. The SMILES string of the molecule is C[C@H]1CCCC(=O)[C@@H]1[N+](=O)[O-]. The van der Waals surface area contributed by atoms with Crippen molar-refractivity contribution in [2.75, 3.05) is 0 Å². The standard InChI is InChI=1S/C7H11NO3/c1-5-3-2-4-6(9)7(5)8(10)11/h5,7H,2-4H2,1H3/t5-,7+/m0/s1. The summed E-state index contributed by atoms with van der Waals surface area (Å²) in [4.78, 5) is 20.9. The first-order chi connectivity index (χ1) is 5.13. The zero-order valence-electron chi connectivity index (χ0n) is 6.45. The number of Topliss-reactive ketones (excluding diaryl/α,β-unsaturated/α-hetero) is 1. The molecule has 2 atom stereocenters. The summed E-state index contributed by atoms with van der Waals surface area (Å²) in [6, 6.07) is -0.927. The summed E-state index contributed by atoms with van der Waals surface area (Å²) >= 11 is 0. The molecule has 0 radical (unpaired) electrons. The van der Waals surface area contributed by atoms with Crippen LogP contribution in [0.25, 0.3) is 0 Å². The fourth-order valence-electron chi connectivity index (χ4n) is 1.55. The molecule has 1 rings (SSSR count). The Bertz CT molecular complexity index is 190. The van der Waals surface area contributed by atoms with Gasteiger partial charge < -0.3 is 0 Å². The van der Waals surface area contributed by atoms with Gasteiger partial charge in [-0.1, -0.05) is 6.92 Å². The van der Waals surface area contributed by atoms with Crippen molar-refractivity contribution in [3.8, 4) is 0 Å². The molecule has 62 valence electrons. The Morgan fingerprint density at radius 3 is 2.64 bits per heavy atom. The van der Waals surface area contributed by atoms with Gasteiger partial charge in [0, 0.05) is 17.3 Å². The quantitative estimate of drug-likeness (QED) is 0.421. The number of nitro groups is 1. The molecule has 4 nitrogen and oxygen atoms in total. The van der Waals surface area contributed by atoms with Gasteiger partial charge in [-0.25, -0.2) is 0 Å². The number of rotatable bonds is 1. The van der Waals surface area contributed by atoms with E-state index in [9.17, 15) is 14.9 Å². The Morgan fingerprint density at radius 2 is 2.27 bits per heavy atom. The fourth-order valence-corrected chi connectivity index (χ4v) is 1.55. The second-order valence-electron chi connectivity index (χ2n) is 3.07. The first kappa shape index (κ1) is 8.17. The van der Waals surface area contributed by atoms with Gasteiger partial charge in [-0.15, -0.1) is 0 Å². The zero-order valence-corrected chi connectivity index (χ0v) is 6.45. The summed E-state index contributed by atoms with van der Waals surface area (Å²) in [6.45, 7) is 1.77. The third-order valence-corrected chi connectivity index (χ3v) is 2.18. The van der Waals surface area contributed by atoms with Gasteiger partial charge in [-0.05, 0) is 12.8 Å². The molecular formula is C7H11NO3. The molecule has 1 fully saturated rings. The van der Waals surface area contributed by atoms with Crippen LogP contribution in [-0.2, 0) is 4.79 Å². The molecule has 11 heavy (non-hydrogen) atoms. The molecule has 1 aliphatic carbocycles. The van der Waals surface area contributed by atoms with E-state index in [2.05, 4.69) is 0 Å². The van der Waals surface area contributed by atoms with Crippen LogP contribution in [0.4, 0.5) is 0 Å². The van der Waals surface area contributed by atoms with Gasteiger partial charge in [0.05, 0.1) is 0 Å². The molecule has 0 aliphatic heterocycles. The van der Waals surface area contributed by atoms with E-state index in [1.165, 1.54) is 0 Å². The smallest absolute Gasteiger partial charge is 0.272 e. The molecule has 0 saturated heterocycles. The summed E-state index contributed by atoms with van der Waals surface area (Å²) in [5.41, 5.74) is 0. The molecule has 1 aliphatic rings. The van der Waals surface area contributed by atoms with Crippen molar-refractivity contribution in [3.63, 3.8) is 0 Å². The predicted molar refractivity (Wildman–Crippen MR) is 38.8 cm³/mol. The van der Waals surface area contributed by atoms with E-state index < -0.39 is 11.0 Å². The van der Waals surface area contributed by atoms with Crippen LogP contribution >= 0.6 is 0 Å². The largest absolute Gasteiger partial charge is 0.292 e. The van der Waals surface area contributed by atoms with Crippen LogP contribution in [0.15, 0.2) is 0 Å². The topological polar surface area (TPSA) is 60.2 Å². The summed E-state index contributed by atoms with van der Waals surface area (Å²) in [7, 11) is 0. The number of ketones is 1. The van der Waals surface area contributed by atoms with Crippen LogP contribution in [0.1, 0.15) is 26.2 Å². The van der Waals surface area contributed by atoms with Crippen molar-refractivity contribution in [2.24, 2.45) is 5.92 Å². The average Bonchev–Trinajstić information content (AvgIpc) is 1.85. The Morgan fingerprint density at radius 1 is 1.64 bits per heavy atom. The second-order valence-corrected chi connectivity index (χ2v) is 3.07. The third-order valence-electron chi connectivity index (χ3n) is 2.18. The van der Waals surface area contributed by atoms with Crippen molar-refractivity contribution in [3.05, 3.63) is 10.1 Å². The van der Waals surface area contributed by atoms with E-state index in [1.807, 2.05) is 0 Å². The number of nitrogens with zero attached hydrogens (tertiary/aromatic N) is 1. The minimum absolute atomic E-state index is 0.0775. The van der Waals surface area contributed by atoms with Crippen LogP contribution in [0.3, 0.4) is 0 Å². The van der Waals surface area contributed by atoms with Crippen LogP contribution in [0, 0.1) is 16.0 Å². The molecule has 0 heterocycles. The maximum Gasteiger partial charge on any atom is 0.272 e. The van der Waals surface area contributed by atoms with Gasteiger partial charge in [0.25, 0.3) is 6.04 Å². The summed E-state index contributed by atoms with van der Waals surface area (Å²) in [5.74, 6) is -0.278. The Hall–Kier alpha value is -0.930. The highest BCUT2D eigenvalue weighted by Crippen LogP contribution is 2.22. The highest BCUT2D eigenvalue weighted by Gasteiger charge is 2.37. The summed E-state index contributed by atoms with van der Waals surface area (Å²) in [5, 5.41) is 10.4. The lowest BCUT2D eigenvalue weighted by atomic mass is 9.85. The van der Waals surface area contributed by atoms with Gasteiger partial charge in [0.1, 0.15) is 0 Å². The van der Waals surface area contributed by atoms with Gasteiger partial charge in [-0.2, -0.15) is 0 Å². The fraction of sp³-hybridized carbons (Fsp3) is 0.857. The third kappa shape index (κ3) is 1.56. The van der Waals surface area contributed by atoms with Crippen LogP contribution in [0.2, 0.25) is 0 Å². The Balaban J connectivity index is 2.70. The first-order valence-electron chi connectivity index (χ1n) is 3.79. The number of hydrogen-bond donors (Lipinski definition) is 0. The van der Waals surface area contributed by atoms with E-state index in [4.69, 9.17) is 0 Å². The van der Waals surface area contributed by atoms with Crippen LogP contribution < -0.4 is 0 Å². The molecule has 0 unspecified atom stereocenters. The van der Waals surface area contributed by atoms with Gasteiger partial charge in [-0.3, -0.25) is 14.9 Å². The highest BCUT2D eigenvalue weighted by molar-refractivity contribution is 5.83. The van der Waals surface area contributed by atoms with Gasteiger partial charge >= 0.3 is 0 Å².